The molecule has 1 amide bonds. The molecule has 1 saturated heterocycles. The summed E-state index contributed by atoms with van der Waals surface area (Å²) in [4.78, 5) is 26.8. The molecule has 1 atom stereocenters. The summed E-state index contributed by atoms with van der Waals surface area (Å²) >= 11 is 1.44. The fraction of sp³-hybridized carbons (Fsp3) is 0.292. The molecule has 0 saturated carbocycles. The molecule has 2 N–H and O–H groups in total. The molecule has 1 aliphatic heterocycles. The predicted octanol–water partition coefficient (Wildman–Crippen LogP) is 3.76. The van der Waals surface area contributed by atoms with E-state index in [9.17, 15) is 9.18 Å². The number of carbonyl (C=O) groups is 1. The summed E-state index contributed by atoms with van der Waals surface area (Å²) in [6.07, 6.45) is 1.43. The summed E-state index contributed by atoms with van der Waals surface area (Å²) in [6, 6.07) is 13.3. The highest BCUT2D eigenvalue weighted by Crippen LogP contribution is 2.36. The zero-order valence-electron chi connectivity index (χ0n) is 18.6. The van der Waals surface area contributed by atoms with E-state index < -0.39 is 5.91 Å². The molecule has 3 aromatic rings. The molecule has 1 aromatic heterocycles. The number of hydrogen-bond donors (Lipinski definition) is 1. The van der Waals surface area contributed by atoms with Gasteiger partial charge in [-0.2, -0.15) is 4.98 Å². The second-order valence-corrected chi connectivity index (χ2v) is 9.05. The maximum Gasteiger partial charge on any atom is 0.248 e. The molecule has 2 aromatic carbocycles. The molecule has 33 heavy (non-hydrogen) atoms. The summed E-state index contributed by atoms with van der Waals surface area (Å²) in [5.41, 5.74) is 6.63. The Morgan fingerprint density at radius 1 is 1.09 bits per heavy atom. The normalized spacial score (nSPS) is 15.3. The first-order valence-corrected chi connectivity index (χ1v) is 11.5. The second kappa shape index (κ2) is 10.2. The van der Waals surface area contributed by atoms with Gasteiger partial charge in [0.25, 0.3) is 0 Å². The van der Waals surface area contributed by atoms with Crippen molar-refractivity contribution in [2.45, 2.75) is 22.8 Å². The highest BCUT2D eigenvalue weighted by Gasteiger charge is 2.20. The number of halogens is 1. The SMILES string of the molecule is C[C@@H](Oc1nc(N2CCN(C)CC2)ncc1Sc1ccc(C(N)=O)cc1)c1ccc(F)cc1. The van der Waals surface area contributed by atoms with Crippen molar-refractivity contribution < 1.29 is 13.9 Å². The molecule has 172 valence electrons. The summed E-state index contributed by atoms with van der Waals surface area (Å²) in [5.74, 6) is 0.321. The molecular formula is C24H26FN5O2S. The smallest absolute Gasteiger partial charge is 0.248 e. The lowest BCUT2D eigenvalue weighted by Crippen LogP contribution is -2.45. The third kappa shape index (κ3) is 5.80. The number of nitrogens with two attached hydrogens (primary N) is 1. The van der Waals surface area contributed by atoms with Crippen LogP contribution in [-0.2, 0) is 0 Å². The number of likely N-dealkylation sites (N-methyl/N-ethyl adjacent to an activating group) is 1. The molecule has 0 bridgehead atoms. The Labute approximate surface area is 196 Å². The Morgan fingerprint density at radius 2 is 1.76 bits per heavy atom. The van der Waals surface area contributed by atoms with Crippen LogP contribution in [0.2, 0.25) is 0 Å². The molecule has 9 heteroatoms. The molecule has 1 fully saturated rings. The van der Waals surface area contributed by atoms with Crippen molar-refractivity contribution in [1.29, 1.82) is 0 Å². The van der Waals surface area contributed by atoms with E-state index in [0.29, 0.717) is 17.4 Å². The van der Waals surface area contributed by atoms with Crippen LogP contribution in [0, 0.1) is 5.82 Å². The van der Waals surface area contributed by atoms with Crippen molar-refractivity contribution in [3.05, 3.63) is 71.7 Å². The van der Waals surface area contributed by atoms with Crippen LogP contribution in [0.25, 0.3) is 0 Å². The van der Waals surface area contributed by atoms with Gasteiger partial charge in [0.1, 0.15) is 11.9 Å². The molecule has 0 radical (unpaired) electrons. The van der Waals surface area contributed by atoms with Gasteiger partial charge in [-0.3, -0.25) is 4.79 Å². The number of rotatable bonds is 7. The van der Waals surface area contributed by atoms with E-state index in [1.807, 2.05) is 19.1 Å². The van der Waals surface area contributed by atoms with Crippen molar-refractivity contribution >= 4 is 23.6 Å². The van der Waals surface area contributed by atoms with Crippen LogP contribution in [0.15, 0.2) is 64.5 Å². The van der Waals surface area contributed by atoms with Gasteiger partial charge in [-0.05, 0) is 55.9 Å². The standard InChI is InChI=1S/C24H26FN5O2S/c1-16(17-3-7-19(25)8-4-17)32-23-21(33-20-9-5-18(6-10-20)22(26)31)15-27-24(28-23)30-13-11-29(2)12-14-30/h3-10,15-16H,11-14H2,1-2H3,(H2,26,31)/t16-/m1/s1. The van der Waals surface area contributed by atoms with Crippen molar-refractivity contribution in [3.8, 4) is 5.88 Å². The Hall–Kier alpha value is -3.17. The van der Waals surface area contributed by atoms with E-state index in [1.165, 1.54) is 23.9 Å². The van der Waals surface area contributed by atoms with Crippen LogP contribution in [0.1, 0.15) is 28.9 Å². The molecule has 7 nitrogen and oxygen atoms in total. The van der Waals surface area contributed by atoms with Crippen molar-refractivity contribution in [3.63, 3.8) is 0 Å². The first kappa shape index (κ1) is 23.0. The maximum atomic E-state index is 13.3. The van der Waals surface area contributed by atoms with Gasteiger partial charge in [0.15, 0.2) is 0 Å². The van der Waals surface area contributed by atoms with Crippen molar-refractivity contribution in [2.24, 2.45) is 5.73 Å². The van der Waals surface area contributed by atoms with Gasteiger partial charge in [0, 0.05) is 36.6 Å². The molecule has 1 aliphatic rings. The third-order valence-corrected chi connectivity index (χ3v) is 6.50. The number of anilines is 1. The monoisotopic (exact) mass is 467 g/mol. The number of aromatic nitrogens is 2. The van der Waals surface area contributed by atoms with Crippen LogP contribution in [0.3, 0.4) is 0 Å². The number of benzene rings is 2. The van der Waals surface area contributed by atoms with Gasteiger partial charge in [0.05, 0.1) is 11.1 Å². The first-order valence-electron chi connectivity index (χ1n) is 10.7. The Kier molecular flexibility index (Phi) is 7.10. The van der Waals surface area contributed by atoms with Crippen LogP contribution in [0.5, 0.6) is 5.88 Å². The van der Waals surface area contributed by atoms with Crippen LogP contribution in [0.4, 0.5) is 10.3 Å². The largest absolute Gasteiger partial charge is 0.469 e. The fourth-order valence-electron chi connectivity index (χ4n) is 3.44. The lowest BCUT2D eigenvalue weighted by atomic mass is 10.1. The quantitative estimate of drug-likeness (QED) is 0.566. The number of nitrogens with zero attached hydrogens (tertiary/aromatic N) is 4. The zero-order chi connectivity index (χ0) is 23.4. The fourth-order valence-corrected chi connectivity index (χ4v) is 4.26. The van der Waals surface area contributed by atoms with Gasteiger partial charge >= 0.3 is 0 Å². The van der Waals surface area contributed by atoms with Crippen LogP contribution >= 0.6 is 11.8 Å². The topological polar surface area (TPSA) is 84.6 Å². The number of ether oxygens (including phenoxy) is 1. The van der Waals surface area contributed by atoms with Gasteiger partial charge in [-0.15, -0.1) is 0 Å². The van der Waals surface area contributed by atoms with E-state index in [1.54, 1.807) is 30.5 Å². The van der Waals surface area contributed by atoms with E-state index in [0.717, 1.165) is 41.5 Å². The maximum absolute atomic E-state index is 13.3. The van der Waals surface area contributed by atoms with E-state index in [-0.39, 0.29) is 11.9 Å². The van der Waals surface area contributed by atoms with Gasteiger partial charge in [0.2, 0.25) is 17.7 Å². The molecule has 0 unspecified atom stereocenters. The van der Waals surface area contributed by atoms with Crippen molar-refractivity contribution in [2.75, 3.05) is 38.1 Å². The molecule has 2 heterocycles. The summed E-state index contributed by atoms with van der Waals surface area (Å²) < 4.78 is 19.6. The van der Waals surface area contributed by atoms with E-state index >= 15 is 0 Å². The van der Waals surface area contributed by atoms with E-state index in [4.69, 9.17) is 15.5 Å². The zero-order valence-corrected chi connectivity index (χ0v) is 19.4. The minimum Gasteiger partial charge on any atom is -0.469 e. The number of carbonyl (C=O) groups excluding carboxylic acids is 1. The molecule has 0 aliphatic carbocycles. The second-order valence-electron chi connectivity index (χ2n) is 7.93. The summed E-state index contributed by atoms with van der Waals surface area (Å²) in [6.45, 7) is 5.46. The Balaban J connectivity index is 1.61. The van der Waals surface area contributed by atoms with Gasteiger partial charge in [-0.1, -0.05) is 23.9 Å². The number of amides is 1. The first-order chi connectivity index (χ1) is 15.9. The minimum atomic E-state index is -0.469. The Morgan fingerprint density at radius 3 is 2.39 bits per heavy atom. The number of piperazine rings is 1. The van der Waals surface area contributed by atoms with Crippen LogP contribution < -0.4 is 15.4 Å². The minimum absolute atomic E-state index is 0.291. The average molecular weight is 468 g/mol. The number of primary amides is 1. The summed E-state index contributed by atoms with van der Waals surface area (Å²) in [5, 5.41) is 0. The molecular weight excluding hydrogens is 441 g/mol. The third-order valence-electron chi connectivity index (χ3n) is 5.49. The Bertz CT molecular complexity index is 1100. The van der Waals surface area contributed by atoms with Crippen molar-refractivity contribution in [1.82, 2.24) is 14.9 Å². The van der Waals surface area contributed by atoms with Gasteiger partial charge < -0.3 is 20.3 Å². The lowest BCUT2D eigenvalue weighted by molar-refractivity contribution is 0.1000. The lowest BCUT2D eigenvalue weighted by Gasteiger charge is -2.32. The highest BCUT2D eigenvalue weighted by atomic mass is 32.2. The summed E-state index contributed by atoms with van der Waals surface area (Å²) in [7, 11) is 2.10. The number of hydrogen-bond acceptors (Lipinski definition) is 7. The van der Waals surface area contributed by atoms with Crippen LogP contribution in [-0.4, -0.2) is 54.0 Å². The average Bonchev–Trinajstić information content (AvgIpc) is 2.81. The molecule has 4 rings (SSSR count). The van der Waals surface area contributed by atoms with Gasteiger partial charge in [-0.25, -0.2) is 9.37 Å². The molecule has 0 spiro atoms. The predicted molar refractivity (Wildman–Crippen MR) is 126 cm³/mol. The van der Waals surface area contributed by atoms with E-state index in [2.05, 4.69) is 21.8 Å². The highest BCUT2D eigenvalue weighted by molar-refractivity contribution is 7.99.